The Balaban J connectivity index is 0.00000384. The summed E-state index contributed by atoms with van der Waals surface area (Å²) in [6, 6.07) is 0. The number of hydrogen-bond acceptors (Lipinski definition) is 4. The third-order valence-electron chi connectivity index (χ3n) is 9.82. The Morgan fingerprint density at radius 2 is 1.43 bits per heavy atom. The van der Waals surface area contributed by atoms with Crippen LogP contribution < -0.4 is 15.0 Å². The van der Waals surface area contributed by atoms with Crippen LogP contribution in [-0.4, -0.2) is 33.4 Å². The van der Waals surface area contributed by atoms with E-state index >= 15 is 0 Å². The molecule has 2 fully saturated rings. The van der Waals surface area contributed by atoms with Gasteiger partial charge in [0.05, 0.1) is 0 Å². The van der Waals surface area contributed by atoms with E-state index in [2.05, 4.69) is 20.8 Å². The van der Waals surface area contributed by atoms with E-state index < -0.39 is 23.1 Å². The van der Waals surface area contributed by atoms with E-state index in [-0.39, 0.29) is 42.8 Å². The van der Waals surface area contributed by atoms with E-state index in [0.717, 1.165) is 63.6 Å². The van der Waals surface area contributed by atoms with Gasteiger partial charge in [0, 0.05) is 19.3 Å². The number of aliphatic hydroxyl groups is 1. The van der Waals surface area contributed by atoms with Gasteiger partial charge in [-0.1, -0.05) is 59.4 Å². The number of aliphatic carboxylic acids is 1. The second-order valence-corrected chi connectivity index (χ2v) is 12.2. The molecule has 8 bridgehead atoms. The summed E-state index contributed by atoms with van der Waals surface area (Å²) >= 11 is 0. The number of rotatable bonds is 5. The van der Waals surface area contributed by atoms with Crippen molar-refractivity contribution in [1.82, 2.24) is 15.0 Å². The molecule has 10 heteroatoms. The number of esters is 1. The summed E-state index contributed by atoms with van der Waals surface area (Å²) in [5, 5.41) is 26.5. The van der Waals surface area contributed by atoms with Crippen molar-refractivity contribution in [2.24, 2.45) is 0 Å². The Morgan fingerprint density at radius 1 is 0.864 bits per heavy atom. The molecule has 3 aromatic heterocycles. The summed E-state index contributed by atoms with van der Waals surface area (Å²) in [4.78, 5) is 39.4. The monoisotopic (exact) mass is 638 g/mol. The summed E-state index contributed by atoms with van der Waals surface area (Å²) in [5.41, 5.74) is 9.15. The van der Waals surface area contributed by atoms with Gasteiger partial charge < -0.3 is 35.2 Å². The van der Waals surface area contributed by atoms with Crippen LogP contribution in [0.2, 0.25) is 0 Å². The standard InChI is InChI=1S/C34H38N4O5.Fe/c1-7-20-17(3)23-13-27-21(8-2)18(4)25(37-27)15-29-33(6,42)34(12-11-32(41)43-34)30(38-29)16-28-22(9-10-31(39)40)19(5)24(36-28)14-26(20)35-23;/h15-16,42H,7-14H2,1-6H3,(H,39,40);/q-4;+4/b29-15-,30-16+;/t33-,34+;/m0./s1. The Bertz CT molecular complexity index is 1720. The number of fused-ring (bicyclic) bond motifs is 9. The molecule has 2 saturated heterocycles. The maximum Gasteiger partial charge on any atom is 4.00 e. The first kappa shape index (κ1) is 31.9. The van der Waals surface area contributed by atoms with Crippen LogP contribution in [0.5, 0.6) is 0 Å². The topological polar surface area (TPSA) is 140 Å². The average molecular weight is 639 g/mol. The molecule has 0 amide bonds. The molecule has 0 radical (unpaired) electrons. The van der Waals surface area contributed by atoms with Crippen LogP contribution in [0.1, 0.15) is 108 Å². The van der Waals surface area contributed by atoms with Gasteiger partial charge in [-0.3, -0.25) is 9.59 Å². The van der Waals surface area contributed by atoms with Crippen LogP contribution in [0.4, 0.5) is 0 Å². The number of carboxylic acids is 1. The number of nitrogens with zero attached hydrogens (tertiary/aromatic N) is 4. The SMILES string of the molecule is CCc1c2[n-]c(c1C)/C=C1\[N-]/C(=C/c3[n-]c(c(C)c3CCC(=O)O)Cc3[n-]c(c(C)c3CC)C2)[C@]2(CCC(=O)O2)[C@@]1(C)O.[Fe+4]. The van der Waals surface area contributed by atoms with E-state index in [4.69, 9.17) is 25.0 Å². The van der Waals surface area contributed by atoms with E-state index in [0.29, 0.717) is 29.9 Å². The van der Waals surface area contributed by atoms with E-state index in [1.165, 1.54) is 11.1 Å². The predicted octanol–water partition coefficient (Wildman–Crippen LogP) is 4.71. The first-order valence-corrected chi connectivity index (χ1v) is 15.2. The van der Waals surface area contributed by atoms with Crippen LogP contribution in [0.25, 0.3) is 17.5 Å². The molecule has 6 rings (SSSR count). The van der Waals surface area contributed by atoms with Crippen molar-refractivity contribution in [3.8, 4) is 0 Å². The maximum absolute atomic E-state index is 12.6. The number of carbonyl (C=O) groups excluding carboxylic acids is 1. The van der Waals surface area contributed by atoms with Gasteiger partial charge in [0.1, 0.15) is 11.2 Å². The number of carboxylic acid groups (broad SMARTS) is 1. The van der Waals surface area contributed by atoms with Crippen LogP contribution in [0.3, 0.4) is 0 Å². The van der Waals surface area contributed by atoms with Crippen molar-refractivity contribution in [1.29, 1.82) is 0 Å². The molecule has 2 N–H and O–H groups in total. The minimum Gasteiger partial charge on any atom is -0.664 e. The zero-order valence-corrected chi connectivity index (χ0v) is 27.2. The quantitative estimate of drug-likeness (QED) is 0.303. The molecule has 3 aromatic rings. The number of carbonyl (C=O) groups is 2. The van der Waals surface area contributed by atoms with Gasteiger partial charge in [-0.15, -0.1) is 22.8 Å². The molecule has 0 unspecified atom stereocenters. The zero-order chi connectivity index (χ0) is 30.8. The Labute approximate surface area is 268 Å². The minimum atomic E-state index is -1.61. The fourth-order valence-corrected chi connectivity index (χ4v) is 7.20. The van der Waals surface area contributed by atoms with E-state index in [1.54, 1.807) is 13.0 Å². The van der Waals surface area contributed by atoms with Crippen LogP contribution in [-0.2, 0) is 63.5 Å². The van der Waals surface area contributed by atoms with Crippen LogP contribution in [0, 0.1) is 20.8 Å². The molecule has 0 saturated carbocycles. The van der Waals surface area contributed by atoms with E-state index in [9.17, 15) is 19.8 Å². The molecule has 3 aliphatic heterocycles. The second kappa shape index (κ2) is 11.5. The minimum absolute atomic E-state index is 0. The Morgan fingerprint density at radius 3 is 2.05 bits per heavy atom. The molecule has 232 valence electrons. The summed E-state index contributed by atoms with van der Waals surface area (Å²) in [6.07, 6.45) is 7.00. The molecule has 6 heterocycles. The van der Waals surface area contributed by atoms with Crippen molar-refractivity contribution >= 4 is 24.1 Å². The summed E-state index contributed by atoms with van der Waals surface area (Å²) in [6.45, 7) is 12.0. The molecule has 44 heavy (non-hydrogen) atoms. The van der Waals surface area contributed by atoms with Gasteiger partial charge in [0.15, 0.2) is 0 Å². The largest absolute Gasteiger partial charge is 4.00 e. The molecular formula is C34H38FeN4O5. The first-order chi connectivity index (χ1) is 20.4. The van der Waals surface area contributed by atoms with Gasteiger partial charge >= 0.3 is 29.0 Å². The van der Waals surface area contributed by atoms with Crippen molar-refractivity contribution in [2.45, 2.75) is 104 Å². The smallest absolute Gasteiger partial charge is 0.664 e. The third kappa shape index (κ3) is 4.88. The summed E-state index contributed by atoms with van der Waals surface area (Å²) < 4.78 is 5.93. The number of hydrogen-bond donors (Lipinski definition) is 2. The molecule has 0 aromatic carbocycles. The second-order valence-electron chi connectivity index (χ2n) is 12.2. The number of aromatic nitrogens is 3. The Kier molecular flexibility index (Phi) is 8.33. The molecule has 0 aliphatic carbocycles. The summed E-state index contributed by atoms with van der Waals surface area (Å²) in [7, 11) is 0. The van der Waals surface area contributed by atoms with Gasteiger partial charge in [0.2, 0.25) is 0 Å². The fraction of sp³-hybridized carbons (Fsp3) is 0.471. The van der Waals surface area contributed by atoms with E-state index in [1.807, 2.05) is 19.9 Å². The van der Waals surface area contributed by atoms with Crippen LogP contribution >= 0.6 is 0 Å². The normalized spacial score (nSPS) is 24.8. The first-order valence-electron chi connectivity index (χ1n) is 15.2. The van der Waals surface area contributed by atoms with Crippen molar-refractivity contribution in [3.05, 3.63) is 84.3 Å². The molecular weight excluding hydrogens is 600 g/mol. The zero-order valence-electron chi connectivity index (χ0n) is 26.1. The maximum atomic E-state index is 12.6. The van der Waals surface area contributed by atoms with Crippen molar-refractivity contribution < 1.29 is 41.6 Å². The Hall–Kier alpha value is -3.46. The number of ether oxygens (including phenoxy) is 1. The predicted molar refractivity (Wildman–Crippen MR) is 162 cm³/mol. The molecule has 2 atom stereocenters. The fourth-order valence-electron chi connectivity index (χ4n) is 7.20. The summed E-state index contributed by atoms with van der Waals surface area (Å²) in [5.74, 6) is -1.29. The van der Waals surface area contributed by atoms with Gasteiger partial charge in [-0.25, -0.2) is 0 Å². The van der Waals surface area contributed by atoms with Crippen molar-refractivity contribution in [3.63, 3.8) is 0 Å². The van der Waals surface area contributed by atoms with Gasteiger partial charge in [-0.2, -0.15) is 22.8 Å². The third-order valence-corrected chi connectivity index (χ3v) is 9.82. The van der Waals surface area contributed by atoms with Crippen molar-refractivity contribution in [2.75, 3.05) is 0 Å². The molecule has 9 nitrogen and oxygen atoms in total. The van der Waals surface area contributed by atoms with Gasteiger partial charge in [0.25, 0.3) is 0 Å². The van der Waals surface area contributed by atoms with Gasteiger partial charge in [-0.05, 0) is 59.8 Å². The average Bonchev–Trinajstić information content (AvgIpc) is 3.69. The van der Waals surface area contributed by atoms with Crippen LogP contribution in [0.15, 0.2) is 11.4 Å². The molecule has 3 aliphatic rings. The molecule has 1 spiro atoms.